The van der Waals surface area contributed by atoms with E-state index in [0.717, 1.165) is 18.4 Å². The highest BCUT2D eigenvalue weighted by Gasteiger charge is 2.24. The van der Waals surface area contributed by atoms with Gasteiger partial charge in [0.1, 0.15) is 18.2 Å². The van der Waals surface area contributed by atoms with Crippen LogP contribution in [0, 0.1) is 11.3 Å². The molecule has 0 radical (unpaired) electrons. The predicted octanol–water partition coefficient (Wildman–Crippen LogP) is 2.85. The lowest BCUT2D eigenvalue weighted by atomic mass is 10.1. The standard InChI is InChI=1S/C20H19N3O3/c1-25-18-7-4-14(9-16(11-21)20(24)23-17-5-6-17)10-19(18)26-13-15-3-2-8-22-12-15/h2-4,7-10,12,17H,5-6,13H2,1H3,(H,23,24)/b16-9+. The van der Waals surface area contributed by atoms with E-state index in [-0.39, 0.29) is 17.5 Å². The van der Waals surface area contributed by atoms with E-state index >= 15 is 0 Å². The molecule has 0 atom stereocenters. The topological polar surface area (TPSA) is 84.2 Å². The van der Waals surface area contributed by atoms with Gasteiger partial charge in [0.25, 0.3) is 5.91 Å². The van der Waals surface area contributed by atoms with E-state index in [1.807, 2.05) is 18.2 Å². The van der Waals surface area contributed by atoms with Crippen LogP contribution < -0.4 is 14.8 Å². The molecule has 6 heteroatoms. The Morgan fingerprint density at radius 3 is 2.88 bits per heavy atom. The molecule has 1 N–H and O–H groups in total. The lowest BCUT2D eigenvalue weighted by molar-refractivity contribution is -0.117. The maximum Gasteiger partial charge on any atom is 0.262 e. The molecule has 1 aliphatic rings. The number of amides is 1. The Kier molecular flexibility index (Phi) is 5.49. The summed E-state index contributed by atoms with van der Waals surface area (Å²) in [5.41, 5.74) is 1.69. The van der Waals surface area contributed by atoms with E-state index in [2.05, 4.69) is 10.3 Å². The number of carbonyl (C=O) groups is 1. The van der Waals surface area contributed by atoms with Gasteiger partial charge in [0, 0.05) is 24.0 Å². The minimum atomic E-state index is -0.344. The number of benzene rings is 1. The van der Waals surface area contributed by atoms with Crippen LogP contribution in [-0.4, -0.2) is 24.0 Å². The first-order chi connectivity index (χ1) is 12.7. The largest absolute Gasteiger partial charge is 0.493 e. The Bertz CT molecular complexity index is 852. The van der Waals surface area contributed by atoms with Gasteiger partial charge in [-0.2, -0.15) is 5.26 Å². The summed E-state index contributed by atoms with van der Waals surface area (Å²) in [6.07, 6.45) is 6.92. The molecule has 0 aliphatic heterocycles. The van der Waals surface area contributed by atoms with Crippen molar-refractivity contribution in [2.45, 2.75) is 25.5 Å². The summed E-state index contributed by atoms with van der Waals surface area (Å²) in [4.78, 5) is 16.1. The number of carbonyl (C=O) groups excluding carboxylic acids is 1. The molecule has 1 aliphatic carbocycles. The Balaban J connectivity index is 1.78. The summed E-state index contributed by atoms with van der Waals surface area (Å²) in [7, 11) is 1.56. The lowest BCUT2D eigenvalue weighted by Gasteiger charge is -2.11. The second-order valence-corrected chi connectivity index (χ2v) is 5.98. The van der Waals surface area contributed by atoms with Gasteiger partial charge in [-0.05, 0) is 42.7 Å². The number of methoxy groups -OCH3 is 1. The highest BCUT2D eigenvalue weighted by atomic mass is 16.5. The second kappa shape index (κ2) is 8.17. The summed E-state index contributed by atoms with van der Waals surface area (Å²) in [6.45, 7) is 0.338. The van der Waals surface area contributed by atoms with Crippen molar-refractivity contribution in [1.82, 2.24) is 10.3 Å². The number of nitrogens with one attached hydrogen (secondary N) is 1. The quantitative estimate of drug-likeness (QED) is 0.614. The average molecular weight is 349 g/mol. The van der Waals surface area contributed by atoms with Crippen molar-refractivity contribution in [2.75, 3.05) is 7.11 Å². The number of aromatic nitrogens is 1. The monoisotopic (exact) mass is 349 g/mol. The molecule has 1 aromatic heterocycles. The van der Waals surface area contributed by atoms with E-state index in [4.69, 9.17) is 9.47 Å². The van der Waals surface area contributed by atoms with Crippen LogP contribution in [0.2, 0.25) is 0 Å². The maximum absolute atomic E-state index is 12.1. The molecule has 0 bridgehead atoms. The number of hydrogen-bond acceptors (Lipinski definition) is 5. The van der Waals surface area contributed by atoms with Crippen molar-refractivity contribution in [1.29, 1.82) is 5.26 Å². The number of hydrogen-bond donors (Lipinski definition) is 1. The molecule has 0 unspecified atom stereocenters. The molecule has 0 spiro atoms. The SMILES string of the molecule is COc1ccc(/C=C(\C#N)C(=O)NC2CC2)cc1OCc1cccnc1. The minimum Gasteiger partial charge on any atom is -0.493 e. The zero-order valence-corrected chi connectivity index (χ0v) is 14.4. The smallest absolute Gasteiger partial charge is 0.262 e. The third-order valence-corrected chi connectivity index (χ3v) is 3.89. The van der Waals surface area contributed by atoms with Gasteiger partial charge in [0.2, 0.25) is 0 Å². The number of ether oxygens (including phenoxy) is 2. The van der Waals surface area contributed by atoms with Crippen LogP contribution in [0.5, 0.6) is 11.5 Å². The Labute approximate surface area is 152 Å². The van der Waals surface area contributed by atoms with Gasteiger partial charge in [-0.25, -0.2) is 0 Å². The fourth-order valence-corrected chi connectivity index (χ4v) is 2.35. The molecule has 1 aromatic carbocycles. The first-order valence-electron chi connectivity index (χ1n) is 8.32. The van der Waals surface area contributed by atoms with E-state index in [1.54, 1.807) is 43.8 Å². The van der Waals surface area contributed by atoms with Crippen molar-refractivity contribution in [2.24, 2.45) is 0 Å². The molecule has 3 rings (SSSR count). The molecule has 1 saturated carbocycles. The highest BCUT2D eigenvalue weighted by Crippen LogP contribution is 2.30. The molecule has 0 saturated heterocycles. The van der Waals surface area contributed by atoms with Crippen molar-refractivity contribution in [3.63, 3.8) is 0 Å². The molecule has 1 amide bonds. The van der Waals surface area contributed by atoms with E-state index in [1.165, 1.54) is 0 Å². The van der Waals surface area contributed by atoms with Gasteiger partial charge in [0.15, 0.2) is 11.5 Å². The normalized spacial score (nSPS) is 13.6. The van der Waals surface area contributed by atoms with Crippen LogP contribution >= 0.6 is 0 Å². The Morgan fingerprint density at radius 1 is 1.38 bits per heavy atom. The van der Waals surface area contributed by atoms with Crippen LogP contribution in [-0.2, 0) is 11.4 Å². The molecule has 1 heterocycles. The van der Waals surface area contributed by atoms with Crippen molar-refractivity contribution < 1.29 is 14.3 Å². The van der Waals surface area contributed by atoms with Gasteiger partial charge < -0.3 is 14.8 Å². The van der Waals surface area contributed by atoms with Crippen LogP contribution in [0.25, 0.3) is 6.08 Å². The van der Waals surface area contributed by atoms with Crippen molar-refractivity contribution >= 4 is 12.0 Å². The third kappa shape index (κ3) is 4.61. The predicted molar refractivity (Wildman–Crippen MR) is 96.3 cm³/mol. The molecule has 26 heavy (non-hydrogen) atoms. The highest BCUT2D eigenvalue weighted by molar-refractivity contribution is 6.02. The molecule has 132 valence electrons. The van der Waals surface area contributed by atoms with Gasteiger partial charge in [-0.15, -0.1) is 0 Å². The van der Waals surface area contributed by atoms with Gasteiger partial charge >= 0.3 is 0 Å². The second-order valence-electron chi connectivity index (χ2n) is 5.98. The molecular formula is C20H19N3O3. The van der Waals surface area contributed by atoms with E-state index < -0.39 is 0 Å². The number of nitriles is 1. The van der Waals surface area contributed by atoms with Gasteiger partial charge in [-0.1, -0.05) is 12.1 Å². The third-order valence-electron chi connectivity index (χ3n) is 3.89. The summed E-state index contributed by atoms with van der Waals surface area (Å²) in [6, 6.07) is 11.2. The molecule has 6 nitrogen and oxygen atoms in total. The van der Waals surface area contributed by atoms with Crippen LogP contribution in [0.3, 0.4) is 0 Å². The summed E-state index contributed by atoms with van der Waals surface area (Å²) in [5.74, 6) is 0.764. The summed E-state index contributed by atoms with van der Waals surface area (Å²) < 4.78 is 11.2. The van der Waals surface area contributed by atoms with Gasteiger partial charge in [-0.3, -0.25) is 9.78 Å². The summed E-state index contributed by atoms with van der Waals surface area (Å²) >= 11 is 0. The molecular weight excluding hydrogens is 330 g/mol. The minimum absolute atomic E-state index is 0.0697. The van der Waals surface area contributed by atoms with Gasteiger partial charge in [0.05, 0.1) is 7.11 Å². The number of rotatable bonds is 7. The number of pyridine rings is 1. The average Bonchev–Trinajstić information content (AvgIpc) is 3.49. The van der Waals surface area contributed by atoms with E-state index in [0.29, 0.717) is 23.7 Å². The first-order valence-corrected chi connectivity index (χ1v) is 8.32. The lowest BCUT2D eigenvalue weighted by Crippen LogP contribution is -2.26. The Morgan fingerprint density at radius 2 is 2.23 bits per heavy atom. The van der Waals surface area contributed by atoms with Crippen molar-refractivity contribution in [3.8, 4) is 17.6 Å². The number of nitrogens with zero attached hydrogens (tertiary/aromatic N) is 2. The zero-order valence-electron chi connectivity index (χ0n) is 14.4. The van der Waals surface area contributed by atoms with Crippen molar-refractivity contribution in [3.05, 3.63) is 59.4 Å². The molecule has 2 aromatic rings. The summed E-state index contributed by atoms with van der Waals surface area (Å²) in [5, 5.41) is 12.1. The molecule has 1 fully saturated rings. The van der Waals surface area contributed by atoms with Crippen LogP contribution in [0.4, 0.5) is 0 Å². The fraction of sp³-hybridized carbons (Fsp3) is 0.250. The fourth-order valence-electron chi connectivity index (χ4n) is 2.35. The first kappa shape index (κ1) is 17.5. The van der Waals surface area contributed by atoms with Crippen LogP contribution in [0.15, 0.2) is 48.3 Å². The Hall–Kier alpha value is -3.33. The maximum atomic E-state index is 12.1. The zero-order chi connectivity index (χ0) is 18.4. The van der Waals surface area contributed by atoms with Crippen LogP contribution in [0.1, 0.15) is 24.0 Å². The van der Waals surface area contributed by atoms with E-state index in [9.17, 15) is 10.1 Å².